The monoisotopic (exact) mass is 313 g/mol. The molecule has 0 saturated carbocycles. The van der Waals surface area contributed by atoms with Gasteiger partial charge in [0.2, 0.25) is 0 Å². The molecule has 0 atom stereocenters. The molecule has 0 aromatic heterocycles. The van der Waals surface area contributed by atoms with Crippen molar-refractivity contribution in [1.29, 1.82) is 0 Å². The number of benzene rings is 2. The number of rotatable bonds is 4. The van der Waals surface area contributed by atoms with Crippen molar-refractivity contribution in [2.45, 2.75) is 13.8 Å². The molecule has 0 radical (unpaired) electrons. The normalized spacial score (nSPS) is 9.83. The predicted octanol–water partition coefficient (Wildman–Crippen LogP) is 2.54. The van der Waals surface area contributed by atoms with E-state index in [1.54, 1.807) is 24.3 Å². The zero-order chi connectivity index (χ0) is 16.7. The quantitative estimate of drug-likeness (QED) is 0.759. The molecule has 120 valence electrons. The number of nitrogens with one attached hydrogen (secondary N) is 3. The van der Waals surface area contributed by atoms with Gasteiger partial charge in [-0.3, -0.25) is 10.2 Å². The summed E-state index contributed by atoms with van der Waals surface area (Å²) >= 11 is 0. The summed E-state index contributed by atoms with van der Waals surface area (Å²) in [6.45, 7) is 3.72. The van der Waals surface area contributed by atoms with Crippen molar-refractivity contribution in [3.63, 3.8) is 0 Å². The van der Waals surface area contributed by atoms with Crippen molar-refractivity contribution in [3.05, 3.63) is 59.7 Å². The molecule has 0 spiro atoms. The van der Waals surface area contributed by atoms with Gasteiger partial charge in [0.05, 0.1) is 0 Å². The molecule has 0 heterocycles. The van der Waals surface area contributed by atoms with Crippen LogP contribution in [-0.4, -0.2) is 18.5 Å². The second-order valence-corrected chi connectivity index (χ2v) is 5.11. The number of carbonyl (C=O) groups is 2. The SMILES string of the molecule is Cc1cc(C)cc(OCC(=O)NNC(=O)Nc2ccccc2)c1. The second kappa shape index (κ2) is 7.84. The summed E-state index contributed by atoms with van der Waals surface area (Å²) in [6, 6.07) is 14.1. The van der Waals surface area contributed by atoms with Gasteiger partial charge in [0, 0.05) is 5.69 Å². The van der Waals surface area contributed by atoms with Crippen molar-refractivity contribution in [2.75, 3.05) is 11.9 Å². The van der Waals surface area contributed by atoms with Crippen LogP contribution >= 0.6 is 0 Å². The Labute approximate surface area is 134 Å². The molecule has 0 saturated heterocycles. The summed E-state index contributed by atoms with van der Waals surface area (Å²) < 4.78 is 5.40. The van der Waals surface area contributed by atoms with Gasteiger partial charge in [0.1, 0.15) is 5.75 Å². The fourth-order valence-electron chi connectivity index (χ4n) is 2.01. The first kappa shape index (κ1) is 16.4. The molecular formula is C17H19N3O3. The Bertz CT molecular complexity index is 666. The summed E-state index contributed by atoms with van der Waals surface area (Å²) in [5.41, 5.74) is 7.28. The maximum atomic E-state index is 11.7. The third kappa shape index (κ3) is 5.70. The van der Waals surface area contributed by atoms with E-state index in [-0.39, 0.29) is 6.61 Å². The van der Waals surface area contributed by atoms with Crippen LogP contribution < -0.4 is 20.9 Å². The van der Waals surface area contributed by atoms with Crippen LogP contribution in [0.5, 0.6) is 5.75 Å². The minimum atomic E-state index is -0.532. The fourth-order valence-corrected chi connectivity index (χ4v) is 2.01. The topological polar surface area (TPSA) is 79.5 Å². The molecule has 2 rings (SSSR count). The van der Waals surface area contributed by atoms with E-state index in [0.717, 1.165) is 11.1 Å². The maximum absolute atomic E-state index is 11.7. The third-order valence-corrected chi connectivity index (χ3v) is 2.91. The van der Waals surface area contributed by atoms with E-state index in [1.165, 1.54) is 0 Å². The van der Waals surface area contributed by atoms with Crippen LogP contribution in [0.4, 0.5) is 10.5 Å². The molecule has 6 nitrogen and oxygen atoms in total. The van der Waals surface area contributed by atoms with Gasteiger partial charge in [-0.1, -0.05) is 24.3 Å². The van der Waals surface area contributed by atoms with Crippen molar-refractivity contribution >= 4 is 17.6 Å². The van der Waals surface area contributed by atoms with Crippen LogP contribution in [0.25, 0.3) is 0 Å². The lowest BCUT2D eigenvalue weighted by Crippen LogP contribution is -2.45. The summed E-state index contributed by atoms with van der Waals surface area (Å²) in [5.74, 6) is 0.166. The van der Waals surface area contributed by atoms with Crippen molar-refractivity contribution < 1.29 is 14.3 Å². The summed E-state index contributed by atoms with van der Waals surface area (Å²) in [7, 11) is 0. The van der Waals surface area contributed by atoms with E-state index in [2.05, 4.69) is 16.2 Å². The van der Waals surface area contributed by atoms with Gasteiger partial charge >= 0.3 is 6.03 Å². The van der Waals surface area contributed by atoms with Crippen LogP contribution in [0.2, 0.25) is 0 Å². The number of amides is 3. The minimum Gasteiger partial charge on any atom is -0.484 e. The molecule has 0 aliphatic carbocycles. The number of hydrazine groups is 1. The highest BCUT2D eigenvalue weighted by Gasteiger charge is 2.06. The molecule has 0 bridgehead atoms. The molecule has 2 aromatic rings. The molecule has 0 aliphatic heterocycles. The van der Waals surface area contributed by atoms with Crippen LogP contribution in [0.3, 0.4) is 0 Å². The first-order valence-corrected chi connectivity index (χ1v) is 7.15. The van der Waals surface area contributed by atoms with E-state index in [0.29, 0.717) is 11.4 Å². The van der Waals surface area contributed by atoms with Crippen molar-refractivity contribution in [3.8, 4) is 5.75 Å². The molecule has 23 heavy (non-hydrogen) atoms. The van der Waals surface area contributed by atoms with Crippen LogP contribution in [-0.2, 0) is 4.79 Å². The number of para-hydroxylation sites is 1. The van der Waals surface area contributed by atoms with Crippen LogP contribution in [0.1, 0.15) is 11.1 Å². The predicted molar refractivity (Wildman–Crippen MR) is 88.2 cm³/mol. The van der Waals surface area contributed by atoms with Crippen LogP contribution in [0.15, 0.2) is 48.5 Å². The maximum Gasteiger partial charge on any atom is 0.337 e. The van der Waals surface area contributed by atoms with E-state index in [4.69, 9.17) is 4.74 Å². The number of anilines is 1. The third-order valence-electron chi connectivity index (χ3n) is 2.91. The van der Waals surface area contributed by atoms with Gasteiger partial charge in [0.25, 0.3) is 5.91 Å². The summed E-state index contributed by atoms with van der Waals surface area (Å²) in [5, 5.41) is 2.58. The van der Waals surface area contributed by atoms with E-state index in [1.807, 2.05) is 38.1 Å². The Morgan fingerprint density at radius 2 is 1.61 bits per heavy atom. The number of aryl methyl sites for hydroxylation is 2. The lowest BCUT2D eigenvalue weighted by Gasteiger charge is -2.10. The molecule has 3 N–H and O–H groups in total. The molecule has 3 amide bonds. The largest absolute Gasteiger partial charge is 0.484 e. The molecule has 2 aromatic carbocycles. The number of ether oxygens (including phenoxy) is 1. The second-order valence-electron chi connectivity index (χ2n) is 5.11. The van der Waals surface area contributed by atoms with Gasteiger partial charge in [-0.25, -0.2) is 10.2 Å². The highest BCUT2D eigenvalue weighted by molar-refractivity contribution is 5.91. The summed E-state index contributed by atoms with van der Waals surface area (Å²) in [6.07, 6.45) is 0. The molecular weight excluding hydrogens is 294 g/mol. The zero-order valence-electron chi connectivity index (χ0n) is 13.1. The highest BCUT2D eigenvalue weighted by atomic mass is 16.5. The summed E-state index contributed by atoms with van der Waals surface area (Å²) in [4.78, 5) is 23.3. The lowest BCUT2D eigenvalue weighted by molar-refractivity contribution is -0.123. The molecule has 0 unspecified atom stereocenters. The number of urea groups is 1. The van der Waals surface area contributed by atoms with Gasteiger partial charge in [0.15, 0.2) is 6.61 Å². The minimum absolute atomic E-state index is 0.186. The van der Waals surface area contributed by atoms with Gasteiger partial charge < -0.3 is 10.1 Å². The Balaban J connectivity index is 1.73. The fraction of sp³-hybridized carbons (Fsp3) is 0.176. The average molecular weight is 313 g/mol. The number of carbonyl (C=O) groups excluding carboxylic acids is 2. The first-order chi connectivity index (χ1) is 11.0. The van der Waals surface area contributed by atoms with E-state index >= 15 is 0 Å². The Kier molecular flexibility index (Phi) is 5.57. The Hall–Kier alpha value is -3.02. The molecule has 0 fully saturated rings. The van der Waals surface area contributed by atoms with Crippen molar-refractivity contribution in [2.24, 2.45) is 0 Å². The molecule has 6 heteroatoms. The first-order valence-electron chi connectivity index (χ1n) is 7.15. The zero-order valence-corrected chi connectivity index (χ0v) is 13.1. The van der Waals surface area contributed by atoms with Gasteiger partial charge in [-0.15, -0.1) is 0 Å². The van der Waals surface area contributed by atoms with E-state index in [9.17, 15) is 9.59 Å². The smallest absolute Gasteiger partial charge is 0.337 e. The van der Waals surface area contributed by atoms with Gasteiger partial charge in [-0.05, 0) is 49.2 Å². The Morgan fingerprint density at radius 3 is 2.26 bits per heavy atom. The van der Waals surface area contributed by atoms with Crippen molar-refractivity contribution in [1.82, 2.24) is 10.9 Å². The van der Waals surface area contributed by atoms with Crippen LogP contribution in [0, 0.1) is 13.8 Å². The average Bonchev–Trinajstić information content (AvgIpc) is 2.51. The lowest BCUT2D eigenvalue weighted by atomic mass is 10.1. The highest BCUT2D eigenvalue weighted by Crippen LogP contribution is 2.15. The number of hydrogen-bond acceptors (Lipinski definition) is 3. The van der Waals surface area contributed by atoms with E-state index < -0.39 is 11.9 Å². The standard InChI is InChI=1S/C17H19N3O3/c1-12-8-13(2)10-15(9-12)23-11-16(21)19-20-17(22)18-14-6-4-3-5-7-14/h3-10H,11H2,1-2H3,(H,19,21)(H2,18,20,22). The Morgan fingerprint density at radius 1 is 0.957 bits per heavy atom. The number of hydrogen-bond donors (Lipinski definition) is 3. The molecule has 0 aliphatic rings. The van der Waals surface area contributed by atoms with Gasteiger partial charge in [-0.2, -0.15) is 0 Å².